The van der Waals surface area contributed by atoms with Crippen LogP contribution in [0.4, 0.5) is 0 Å². The van der Waals surface area contributed by atoms with Gasteiger partial charge in [-0.05, 0) is 50.9 Å². The van der Waals surface area contributed by atoms with Crippen molar-refractivity contribution >= 4 is 17.7 Å². The SMILES string of the molecule is COC1CCC(C2NC3SCC(CCNC(=O)/C=C/C4CCCO4)N3N2)CC1. The zero-order chi connectivity index (χ0) is 19.3. The zero-order valence-electron chi connectivity index (χ0n) is 16.8. The molecule has 3 aliphatic heterocycles. The van der Waals surface area contributed by atoms with Crippen LogP contribution in [0, 0.1) is 5.92 Å². The molecule has 4 rings (SSSR count). The molecule has 3 saturated heterocycles. The highest BCUT2D eigenvalue weighted by Gasteiger charge is 2.43. The van der Waals surface area contributed by atoms with Crippen LogP contribution in [0.2, 0.25) is 0 Å². The van der Waals surface area contributed by atoms with Crippen LogP contribution < -0.4 is 16.1 Å². The van der Waals surface area contributed by atoms with E-state index in [9.17, 15) is 4.79 Å². The monoisotopic (exact) mass is 410 g/mol. The first-order valence-corrected chi connectivity index (χ1v) is 11.8. The molecule has 1 amide bonds. The van der Waals surface area contributed by atoms with E-state index in [1.165, 1.54) is 12.8 Å². The number of carbonyl (C=O) groups excluding carboxylic acids is 1. The number of fused-ring (bicyclic) bond motifs is 1. The summed E-state index contributed by atoms with van der Waals surface area (Å²) >= 11 is 1.96. The Balaban J connectivity index is 1.17. The van der Waals surface area contributed by atoms with Crippen molar-refractivity contribution in [1.29, 1.82) is 0 Å². The Hall–Kier alpha value is -0.640. The van der Waals surface area contributed by atoms with Crippen LogP contribution in [-0.2, 0) is 14.3 Å². The number of amides is 1. The summed E-state index contributed by atoms with van der Waals surface area (Å²) in [5.41, 5.74) is 4.08. The molecule has 4 unspecified atom stereocenters. The van der Waals surface area contributed by atoms with Gasteiger partial charge in [0.15, 0.2) is 0 Å². The largest absolute Gasteiger partial charge is 0.381 e. The number of rotatable bonds is 7. The van der Waals surface area contributed by atoms with Crippen LogP contribution in [0.25, 0.3) is 0 Å². The molecule has 28 heavy (non-hydrogen) atoms. The lowest BCUT2D eigenvalue weighted by molar-refractivity contribution is -0.116. The van der Waals surface area contributed by atoms with Crippen LogP contribution >= 0.6 is 11.8 Å². The summed E-state index contributed by atoms with van der Waals surface area (Å²) in [5.74, 6) is 1.74. The molecule has 8 heteroatoms. The fourth-order valence-corrected chi connectivity index (χ4v) is 6.07. The van der Waals surface area contributed by atoms with Gasteiger partial charge in [-0.2, -0.15) is 0 Å². The number of hydrazine groups is 1. The molecule has 7 nitrogen and oxygen atoms in total. The molecule has 1 aliphatic carbocycles. The fraction of sp³-hybridized carbons (Fsp3) is 0.850. The molecule has 4 fully saturated rings. The zero-order valence-corrected chi connectivity index (χ0v) is 17.6. The van der Waals surface area contributed by atoms with Crippen molar-refractivity contribution in [3.05, 3.63) is 12.2 Å². The van der Waals surface area contributed by atoms with Gasteiger partial charge in [0.05, 0.1) is 18.4 Å². The second-order valence-electron chi connectivity index (χ2n) is 8.28. The van der Waals surface area contributed by atoms with E-state index in [0.717, 1.165) is 44.5 Å². The fourth-order valence-electron chi connectivity index (χ4n) is 4.70. The van der Waals surface area contributed by atoms with Crippen LogP contribution in [0.3, 0.4) is 0 Å². The normalized spacial score (nSPS) is 38.9. The Morgan fingerprint density at radius 3 is 2.93 bits per heavy atom. The number of nitrogens with zero attached hydrogens (tertiary/aromatic N) is 1. The van der Waals surface area contributed by atoms with Crippen LogP contribution in [-0.4, -0.2) is 66.8 Å². The van der Waals surface area contributed by atoms with Gasteiger partial charge in [0.25, 0.3) is 0 Å². The van der Waals surface area contributed by atoms with Gasteiger partial charge in [-0.3, -0.25) is 10.1 Å². The van der Waals surface area contributed by atoms with Gasteiger partial charge in [0, 0.05) is 38.1 Å². The first kappa shape index (κ1) is 20.6. The Bertz CT molecular complexity index is 550. The van der Waals surface area contributed by atoms with E-state index < -0.39 is 0 Å². The summed E-state index contributed by atoms with van der Waals surface area (Å²) in [6.07, 6.45) is 12.3. The Kier molecular flexibility index (Phi) is 7.30. The van der Waals surface area contributed by atoms with Gasteiger partial charge in [0.1, 0.15) is 5.50 Å². The summed E-state index contributed by atoms with van der Waals surface area (Å²) in [5, 5.41) is 9.16. The third-order valence-corrected chi connectivity index (χ3v) is 7.69. The average Bonchev–Trinajstić information content (AvgIpc) is 3.45. The van der Waals surface area contributed by atoms with Crippen molar-refractivity contribution in [1.82, 2.24) is 21.1 Å². The number of carbonyl (C=O) groups is 1. The molecule has 0 aromatic rings. The molecule has 0 aromatic carbocycles. The van der Waals surface area contributed by atoms with Gasteiger partial charge < -0.3 is 14.8 Å². The minimum atomic E-state index is -0.0158. The molecule has 3 N–H and O–H groups in total. The third kappa shape index (κ3) is 5.09. The predicted molar refractivity (Wildman–Crippen MR) is 110 cm³/mol. The molecule has 4 aliphatic rings. The highest BCUT2D eigenvalue weighted by molar-refractivity contribution is 8.00. The molecular weight excluding hydrogens is 376 g/mol. The summed E-state index contributed by atoms with van der Waals surface area (Å²) < 4.78 is 11.0. The van der Waals surface area contributed by atoms with E-state index in [1.54, 1.807) is 6.08 Å². The third-order valence-electron chi connectivity index (χ3n) is 6.43. The number of hydrogen-bond donors (Lipinski definition) is 3. The first-order chi connectivity index (χ1) is 13.7. The minimum absolute atomic E-state index is 0.0158. The highest BCUT2D eigenvalue weighted by Crippen LogP contribution is 2.35. The molecular formula is C20H34N4O3S. The van der Waals surface area contributed by atoms with Crippen molar-refractivity contribution in [2.24, 2.45) is 5.92 Å². The number of thioether (sulfide) groups is 1. The molecule has 158 valence electrons. The highest BCUT2D eigenvalue weighted by atomic mass is 32.2. The maximum Gasteiger partial charge on any atom is 0.243 e. The Morgan fingerprint density at radius 1 is 1.32 bits per heavy atom. The molecule has 3 heterocycles. The smallest absolute Gasteiger partial charge is 0.243 e. The lowest BCUT2D eigenvalue weighted by Crippen LogP contribution is -2.47. The van der Waals surface area contributed by atoms with Crippen LogP contribution in [0.5, 0.6) is 0 Å². The van der Waals surface area contributed by atoms with Crippen molar-refractivity contribution < 1.29 is 14.3 Å². The predicted octanol–water partition coefficient (Wildman–Crippen LogP) is 1.57. The van der Waals surface area contributed by atoms with Gasteiger partial charge in [-0.1, -0.05) is 6.08 Å². The minimum Gasteiger partial charge on any atom is -0.381 e. The van der Waals surface area contributed by atoms with E-state index >= 15 is 0 Å². The lowest BCUT2D eigenvalue weighted by Gasteiger charge is -2.32. The van der Waals surface area contributed by atoms with E-state index in [1.807, 2.05) is 24.9 Å². The molecule has 4 atom stereocenters. The van der Waals surface area contributed by atoms with Gasteiger partial charge >= 0.3 is 0 Å². The lowest BCUT2D eigenvalue weighted by atomic mass is 9.85. The standard InChI is InChI=1S/C20H34N4O3S/c1-26-16-6-4-14(5-7-16)19-22-20-24(23-19)15(13-28-20)10-11-21-18(25)9-8-17-3-2-12-27-17/h8-9,14-17,19-20,22-23H,2-7,10-13H2,1H3,(H,21,25)/b9-8+. The summed E-state index contributed by atoms with van der Waals surface area (Å²) in [6, 6.07) is 0.449. The summed E-state index contributed by atoms with van der Waals surface area (Å²) in [7, 11) is 1.82. The maximum atomic E-state index is 12.0. The molecule has 0 spiro atoms. The van der Waals surface area contributed by atoms with Gasteiger partial charge in [-0.15, -0.1) is 11.8 Å². The van der Waals surface area contributed by atoms with Crippen molar-refractivity contribution in [2.45, 2.75) is 74.9 Å². The number of nitrogens with one attached hydrogen (secondary N) is 3. The molecule has 1 saturated carbocycles. The van der Waals surface area contributed by atoms with E-state index in [0.29, 0.717) is 36.3 Å². The van der Waals surface area contributed by atoms with Gasteiger partial charge in [0.2, 0.25) is 5.91 Å². The second kappa shape index (κ2) is 9.91. The van der Waals surface area contributed by atoms with E-state index in [2.05, 4.69) is 21.1 Å². The topological polar surface area (TPSA) is 74.9 Å². The van der Waals surface area contributed by atoms with Gasteiger partial charge in [-0.25, -0.2) is 10.4 Å². The molecule has 0 radical (unpaired) electrons. The van der Waals surface area contributed by atoms with Crippen molar-refractivity contribution in [3.8, 4) is 0 Å². The van der Waals surface area contributed by atoms with Crippen molar-refractivity contribution in [2.75, 3.05) is 26.0 Å². The Morgan fingerprint density at radius 2 is 2.18 bits per heavy atom. The number of methoxy groups -OCH3 is 1. The molecule has 0 aromatic heterocycles. The second-order valence-corrected chi connectivity index (χ2v) is 9.40. The number of hydrogen-bond acceptors (Lipinski definition) is 7. The summed E-state index contributed by atoms with van der Waals surface area (Å²) in [4.78, 5) is 12.0. The van der Waals surface area contributed by atoms with E-state index in [-0.39, 0.29) is 12.0 Å². The summed E-state index contributed by atoms with van der Waals surface area (Å²) in [6.45, 7) is 1.51. The first-order valence-electron chi connectivity index (χ1n) is 10.8. The van der Waals surface area contributed by atoms with Crippen LogP contribution in [0.15, 0.2) is 12.2 Å². The molecule has 0 bridgehead atoms. The Labute approximate surface area is 172 Å². The number of ether oxygens (including phenoxy) is 2. The maximum absolute atomic E-state index is 12.0. The van der Waals surface area contributed by atoms with Crippen LogP contribution in [0.1, 0.15) is 44.9 Å². The van der Waals surface area contributed by atoms with E-state index in [4.69, 9.17) is 9.47 Å². The van der Waals surface area contributed by atoms with Crippen molar-refractivity contribution in [3.63, 3.8) is 0 Å². The average molecular weight is 411 g/mol. The quantitative estimate of drug-likeness (QED) is 0.550.